The molecule has 33 heavy (non-hydrogen) atoms. The molecule has 1 aliphatic heterocycles. The first-order chi connectivity index (χ1) is 16.0. The summed E-state index contributed by atoms with van der Waals surface area (Å²) in [4.78, 5) is 5.78. The highest BCUT2D eigenvalue weighted by Gasteiger charge is 2.29. The van der Waals surface area contributed by atoms with Crippen molar-refractivity contribution in [2.24, 2.45) is 5.73 Å². The van der Waals surface area contributed by atoms with Crippen LogP contribution in [0.1, 0.15) is 61.4 Å². The first kappa shape index (κ1) is 24.0. The van der Waals surface area contributed by atoms with Crippen LogP contribution in [0.15, 0.2) is 40.9 Å². The van der Waals surface area contributed by atoms with Crippen molar-refractivity contribution >= 4 is 44.5 Å². The van der Waals surface area contributed by atoms with Gasteiger partial charge in [-0.1, -0.05) is 53.5 Å². The van der Waals surface area contributed by atoms with Crippen LogP contribution in [-0.2, 0) is 12.8 Å². The Morgan fingerprint density at radius 1 is 1.12 bits per heavy atom. The Morgan fingerprint density at radius 2 is 1.91 bits per heavy atom. The molecule has 0 bridgehead atoms. The number of hydrogen-bond donors (Lipinski definition) is 4. The number of rotatable bonds is 4. The van der Waals surface area contributed by atoms with Crippen LogP contribution in [0.3, 0.4) is 0 Å². The Balaban J connectivity index is 0.000000318. The summed E-state index contributed by atoms with van der Waals surface area (Å²) in [6, 6.07) is 11.8. The number of aromatic amines is 1. The quantitative estimate of drug-likeness (QED) is 0.306. The molecule has 5 N–H and O–H groups in total. The number of aryl methyl sites for hydroxylation is 1. The van der Waals surface area contributed by atoms with E-state index in [0.29, 0.717) is 12.5 Å². The van der Waals surface area contributed by atoms with E-state index in [-0.39, 0.29) is 17.5 Å². The smallest absolute Gasteiger partial charge is 0.122 e. The summed E-state index contributed by atoms with van der Waals surface area (Å²) in [6.45, 7) is 0.891. The highest BCUT2D eigenvalue weighted by Crippen LogP contribution is 2.38. The molecule has 1 aliphatic carbocycles. The van der Waals surface area contributed by atoms with Crippen LogP contribution in [0.2, 0.25) is 0 Å². The standard InChI is InChI=1S/C20H19BrN2O2S.C6H13N/c21-13-3-5-17-16(9-13)15-7-8-23(11-26)18(20(15)22-17)6-2-12-1-4-14(24)10-19(12)25;7-6-4-2-1-3-5-6/h1,3-5,9-11,18,22,24-25H,2,6-8H2;6H,1-5,7H2. The molecular weight excluding hydrogens is 498 g/mol. The number of fused-ring (bicyclic) bond motifs is 3. The van der Waals surface area contributed by atoms with Gasteiger partial charge in [0.25, 0.3) is 0 Å². The van der Waals surface area contributed by atoms with E-state index in [1.165, 1.54) is 54.8 Å². The maximum absolute atomic E-state index is 10.1. The number of aromatic hydroxyl groups is 2. The van der Waals surface area contributed by atoms with Crippen LogP contribution in [-0.4, -0.2) is 38.2 Å². The molecule has 1 fully saturated rings. The Labute approximate surface area is 209 Å². The molecule has 2 aromatic carbocycles. The summed E-state index contributed by atoms with van der Waals surface area (Å²) in [5.74, 6) is 0.212. The molecule has 7 heteroatoms. The number of phenols is 2. The molecule has 0 saturated heterocycles. The predicted molar refractivity (Wildman–Crippen MR) is 142 cm³/mol. The molecular formula is C26H32BrN3O2S. The molecule has 2 aliphatic rings. The number of nitrogens with two attached hydrogens (primary N) is 1. The van der Waals surface area contributed by atoms with Gasteiger partial charge in [0.1, 0.15) is 11.5 Å². The second-order valence-corrected chi connectivity index (χ2v) is 10.2. The van der Waals surface area contributed by atoms with Gasteiger partial charge in [-0.25, -0.2) is 0 Å². The maximum Gasteiger partial charge on any atom is 0.122 e. The summed E-state index contributed by atoms with van der Waals surface area (Å²) in [5.41, 5.74) is 11.9. The van der Waals surface area contributed by atoms with Crippen molar-refractivity contribution in [2.75, 3.05) is 6.54 Å². The van der Waals surface area contributed by atoms with Crippen molar-refractivity contribution < 1.29 is 10.2 Å². The van der Waals surface area contributed by atoms with Crippen LogP contribution in [0.5, 0.6) is 11.5 Å². The zero-order valence-electron chi connectivity index (χ0n) is 18.8. The van der Waals surface area contributed by atoms with Gasteiger partial charge < -0.3 is 25.8 Å². The minimum atomic E-state index is 0.0768. The van der Waals surface area contributed by atoms with Gasteiger partial charge in [-0.05, 0) is 67.5 Å². The first-order valence-corrected chi connectivity index (χ1v) is 13.0. The molecule has 0 amide bonds. The van der Waals surface area contributed by atoms with Crippen LogP contribution in [0, 0.1) is 0 Å². The van der Waals surface area contributed by atoms with E-state index in [1.807, 2.05) is 6.07 Å². The average molecular weight is 531 g/mol. The second-order valence-electron chi connectivity index (χ2n) is 9.07. The third kappa shape index (κ3) is 5.70. The number of nitrogens with one attached hydrogen (secondary N) is 1. The number of thiocarbonyl (C=S) groups is 1. The molecule has 1 atom stereocenters. The molecule has 0 radical (unpaired) electrons. The average Bonchev–Trinajstić information content (AvgIpc) is 3.17. The van der Waals surface area contributed by atoms with Crippen molar-refractivity contribution in [1.29, 1.82) is 0 Å². The molecule has 5 rings (SSSR count). The first-order valence-electron chi connectivity index (χ1n) is 11.7. The lowest BCUT2D eigenvalue weighted by Crippen LogP contribution is -2.34. The highest BCUT2D eigenvalue weighted by molar-refractivity contribution is 9.10. The summed E-state index contributed by atoms with van der Waals surface area (Å²) < 4.78 is 1.08. The van der Waals surface area contributed by atoms with E-state index < -0.39 is 0 Å². The van der Waals surface area contributed by atoms with Gasteiger partial charge in [0.05, 0.1) is 11.5 Å². The minimum absolute atomic E-state index is 0.0768. The van der Waals surface area contributed by atoms with Gasteiger partial charge in [-0.3, -0.25) is 0 Å². The molecule has 1 saturated carbocycles. The van der Waals surface area contributed by atoms with Crippen molar-refractivity contribution in [3.63, 3.8) is 0 Å². The lowest BCUT2D eigenvalue weighted by Gasteiger charge is -2.34. The van der Waals surface area contributed by atoms with Crippen LogP contribution in [0.4, 0.5) is 0 Å². The van der Waals surface area contributed by atoms with E-state index in [4.69, 9.17) is 18.0 Å². The highest BCUT2D eigenvalue weighted by atomic mass is 79.9. The number of phenolic OH excluding ortho intramolecular Hbond substituents is 2. The fourth-order valence-electron chi connectivity index (χ4n) is 4.98. The van der Waals surface area contributed by atoms with Gasteiger partial charge in [-0.2, -0.15) is 0 Å². The molecule has 1 unspecified atom stereocenters. The Bertz CT molecular complexity index is 1110. The molecule has 5 nitrogen and oxygen atoms in total. The summed E-state index contributed by atoms with van der Waals surface area (Å²) in [7, 11) is 0. The molecule has 3 aromatic rings. The second kappa shape index (κ2) is 10.9. The normalized spacial score (nSPS) is 18.5. The van der Waals surface area contributed by atoms with E-state index >= 15 is 0 Å². The fourth-order valence-corrected chi connectivity index (χ4v) is 5.60. The largest absolute Gasteiger partial charge is 0.508 e. The molecule has 2 heterocycles. The van der Waals surface area contributed by atoms with Gasteiger partial charge in [-0.15, -0.1) is 0 Å². The van der Waals surface area contributed by atoms with Gasteiger partial charge in [0.15, 0.2) is 0 Å². The van der Waals surface area contributed by atoms with Crippen molar-refractivity contribution in [1.82, 2.24) is 9.88 Å². The number of aromatic nitrogens is 1. The lowest BCUT2D eigenvalue weighted by molar-refractivity contribution is 0.291. The number of halogens is 1. The third-order valence-corrected chi connectivity index (χ3v) is 7.56. The van der Waals surface area contributed by atoms with E-state index in [1.54, 1.807) is 17.6 Å². The minimum Gasteiger partial charge on any atom is -0.508 e. The van der Waals surface area contributed by atoms with E-state index in [9.17, 15) is 10.2 Å². The van der Waals surface area contributed by atoms with Crippen LogP contribution >= 0.6 is 28.1 Å². The van der Waals surface area contributed by atoms with Crippen molar-refractivity contribution in [3.8, 4) is 11.5 Å². The summed E-state index contributed by atoms with van der Waals surface area (Å²) in [5, 5.41) is 20.8. The predicted octanol–water partition coefficient (Wildman–Crippen LogP) is 6.11. The number of H-pyrrole nitrogens is 1. The van der Waals surface area contributed by atoms with Crippen LogP contribution < -0.4 is 5.73 Å². The zero-order valence-corrected chi connectivity index (χ0v) is 21.2. The monoisotopic (exact) mass is 529 g/mol. The number of benzene rings is 2. The van der Waals surface area contributed by atoms with E-state index in [2.05, 4.69) is 37.9 Å². The topological polar surface area (TPSA) is 85.5 Å². The Hall–Kier alpha value is -2.09. The van der Waals surface area contributed by atoms with Gasteiger partial charge in [0.2, 0.25) is 0 Å². The SMILES string of the molecule is NC1CCCCC1.Oc1ccc(CCC2c3[nH]c4ccc(Br)cc4c3CCN2C=S)c(O)c1. The number of hydrogen-bond acceptors (Lipinski definition) is 4. The van der Waals surface area contributed by atoms with E-state index in [0.717, 1.165) is 34.9 Å². The lowest BCUT2D eigenvalue weighted by atomic mass is 9.93. The summed E-state index contributed by atoms with van der Waals surface area (Å²) in [6.07, 6.45) is 9.15. The van der Waals surface area contributed by atoms with Crippen LogP contribution in [0.25, 0.3) is 10.9 Å². The molecule has 176 valence electrons. The van der Waals surface area contributed by atoms with Gasteiger partial charge in [0, 0.05) is 39.7 Å². The number of nitrogens with zero attached hydrogens (tertiary/aromatic N) is 1. The fraction of sp³-hybridized carbons (Fsp3) is 0.423. The van der Waals surface area contributed by atoms with Crippen molar-refractivity contribution in [3.05, 3.63) is 57.7 Å². The Morgan fingerprint density at radius 3 is 2.58 bits per heavy atom. The zero-order chi connectivity index (χ0) is 23.4. The molecule has 1 aromatic heterocycles. The van der Waals surface area contributed by atoms with Gasteiger partial charge >= 0.3 is 0 Å². The molecule has 0 spiro atoms. The Kier molecular flexibility index (Phi) is 7.94. The maximum atomic E-state index is 10.1. The van der Waals surface area contributed by atoms with Crippen molar-refractivity contribution in [2.45, 2.75) is 63.5 Å². The summed E-state index contributed by atoms with van der Waals surface area (Å²) >= 11 is 8.82. The third-order valence-electron chi connectivity index (χ3n) is 6.80.